The van der Waals surface area contributed by atoms with Crippen molar-refractivity contribution in [3.8, 4) is 0 Å². The maximum atomic E-state index is 12.3. The number of piperidine rings is 1. The van der Waals surface area contributed by atoms with Gasteiger partial charge in [0.25, 0.3) is 0 Å². The number of amides is 2. The fraction of sp³-hybridized carbons (Fsp3) is 0.588. The molecule has 0 aromatic heterocycles. The molecule has 2 aliphatic rings. The smallest absolute Gasteiger partial charge is 0.321 e. The lowest BCUT2D eigenvalue weighted by Gasteiger charge is -2.56. The molecule has 2 atom stereocenters. The number of methoxy groups -OCH3 is 1. The van der Waals surface area contributed by atoms with E-state index in [0.717, 1.165) is 18.5 Å². The summed E-state index contributed by atoms with van der Waals surface area (Å²) in [6.45, 7) is 3.34. The zero-order valence-corrected chi connectivity index (χ0v) is 13.2. The zero-order valence-electron chi connectivity index (χ0n) is 13.2. The monoisotopic (exact) mass is 304 g/mol. The van der Waals surface area contributed by atoms with Crippen molar-refractivity contribution in [1.29, 1.82) is 0 Å². The standard InChI is InChI=1S/C17H24N2O3/c1-12-3-5-13(6-4-12)18-16(21)19-9-7-17(8-10-19)14(20)11-15(17)22-2/h3-6,14-15,20H,7-11H2,1-2H3,(H,18,21)/t14-,15+/m1/s1. The molecule has 1 heterocycles. The molecule has 2 amide bonds. The van der Waals surface area contributed by atoms with Crippen LogP contribution in [0.2, 0.25) is 0 Å². The van der Waals surface area contributed by atoms with Crippen LogP contribution in [0.4, 0.5) is 10.5 Å². The average Bonchev–Trinajstić information content (AvgIpc) is 2.54. The summed E-state index contributed by atoms with van der Waals surface area (Å²) in [5, 5.41) is 13.0. The molecular formula is C17H24N2O3. The number of carbonyl (C=O) groups excluding carboxylic acids is 1. The summed E-state index contributed by atoms with van der Waals surface area (Å²) in [7, 11) is 1.70. The summed E-state index contributed by atoms with van der Waals surface area (Å²) in [4.78, 5) is 14.1. The highest BCUT2D eigenvalue weighted by atomic mass is 16.5. The highest BCUT2D eigenvalue weighted by Crippen LogP contribution is 2.50. The summed E-state index contributed by atoms with van der Waals surface area (Å²) in [6, 6.07) is 7.72. The maximum Gasteiger partial charge on any atom is 0.321 e. The topological polar surface area (TPSA) is 61.8 Å². The summed E-state index contributed by atoms with van der Waals surface area (Å²) in [5.74, 6) is 0. The van der Waals surface area contributed by atoms with Crippen molar-refractivity contribution in [3.05, 3.63) is 29.8 Å². The molecule has 1 aliphatic heterocycles. The van der Waals surface area contributed by atoms with E-state index in [1.165, 1.54) is 5.56 Å². The second kappa shape index (κ2) is 5.89. The number of nitrogens with zero attached hydrogens (tertiary/aromatic N) is 1. The molecule has 1 spiro atoms. The van der Waals surface area contributed by atoms with Crippen LogP contribution in [0, 0.1) is 12.3 Å². The Bertz CT molecular complexity index is 535. The molecule has 5 heteroatoms. The van der Waals surface area contributed by atoms with Crippen LogP contribution in [0.5, 0.6) is 0 Å². The SMILES string of the molecule is CO[C@H]1C[C@@H](O)C12CCN(C(=O)Nc1ccc(C)cc1)CC2. The molecule has 1 aromatic rings. The lowest BCUT2D eigenvalue weighted by atomic mass is 9.58. The van der Waals surface area contributed by atoms with Crippen molar-refractivity contribution in [2.24, 2.45) is 5.41 Å². The van der Waals surface area contributed by atoms with Gasteiger partial charge in [-0.2, -0.15) is 0 Å². The summed E-state index contributed by atoms with van der Waals surface area (Å²) in [5.41, 5.74) is 1.84. The first-order valence-corrected chi connectivity index (χ1v) is 7.88. The van der Waals surface area contributed by atoms with Crippen molar-refractivity contribution >= 4 is 11.7 Å². The molecule has 2 N–H and O–H groups in total. The van der Waals surface area contributed by atoms with Crippen LogP contribution in [0.3, 0.4) is 0 Å². The molecule has 5 nitrogen and oxygen atoms in total. The first-order chi connectivity index (χ1) is 10.5. The molecule has 0 radical (unpaired) electrons. The Morgan fingerprint density at radius 2 is 1.95 bits per heavy atom. The van der Waals surface area contributed by atoms with Crippen molar-refractivity contribution in [1.82, 2.24) is 4.90 Å². The van der Waals surface area contributed by atoms with Gasteiger partial charge in [0, 0.05) is 37.7 Å². The second-order valence-electron chi connectivity index (χ2n) is 6.49. The molecule has 0 unspecified atom stereocenters. The minimum Gasteiger partial charge on any atom is -0.392 e. The minimum absolute atomic E-state index is 0.0681. The third-order valence-corrected chi connectivity index (χ3v) is 5.31. The fourth-order valence-electron chi connectivity index (χ4n) is 3.68. The van der Waals surface area contributed by atoms with Crippen LogP contribution in [0.25, 0.3) is 0 Å². The predicted molar refractivity (Wildman–Crippen MR) is 84.9 cm³/mol. The Labute approximate surface area is 131 Å². The van der Waals surface area contributed by atoms with Gasteiger partial charge in [-0.1, -0.05) is 17.7 Å². The molecule has 1 saturated heterocycles. The van der Waals surface area contributed by atoms with Crippen LogP contribution in [0.15, 0.2) is 24.3 Å². The van der Waals surface area contributed by atoms with Crippen LogP contribution in [-0.2, 0) is 4.74 Å². The number of likely N-dealkylation sites (tertiary alicyclic amines) is 1. The van der Waals surface area contributed by atoms with E-state index in [-0.39, 0.29) is 23.7 Å². The summed E-state index contributed by atoms with van der Waals surface area (Å²) in [6.07, 6.45) is 2.15. The molecular weight excluding hydrogens is 280 g/mol. The van der Waals surface area contributed by atoms with Crippen molar-refractivity contribution in [3.63, 3.8) is 0 Å². The van der Waals surface area contributed by atoms with Gasteiger partial charge in [0.05, 0.1) is 12.2 Å². The van der Waals surface area contributed by atoms with Gasteiger partial charge in [-0.25, -0.2) is 4.79 Å². The minimum atomic E-state index is -0.292. The third-order valence-electron chi connectivity index (χ3n) is 5.31. The lowest BCUT2D eigenvalue weighted by molar-refractivity contribution is -0.198. The van der Waals surface area contributed by atoms with Crippen LogP contribution >= 0.6 is 0 Å². The molecule has 0 bridgehead atoms. The summed E-state index contributed by atoms with van der Waals surface area (Å²) < 4.78 is 5.47. The van der Waals surface area contributed by atoms with Crippen molar-refractivity contribution in [2.45, 2.75) is 38.4 Å². The van der Waals surface area contributed by atoms with Gasteiger partial charge < -0.3 is 20.1 Å². The van der Waals surface area contributed by atoms with Gasteiger partial charge >= 0.3 is 6.03 Å². The van der Waals surface area contributed by atoms with Gasteiger partial charge in [0.15, 0.2) is 0 Å². The number of hydrogen-bond acceptors (Lipinski definition) is 3. The number of rotatable bonds is 2. The quantitative estimate of drug-likeness (QED) is 0.882. The average molecular weight is 304 g/mol. The van der Waals surface area contributed by atoms with E-state index in [9.17, 15) is 9.90 Å². The maximum absolute atomic E-state index is 12.3. The van der Waals surface area contributed by atoms with E-state index in [1.807, 2.05) is 36.1 Å². The Kier molecular flexibility index (Phi) is 4.10. The van der Waals surface area contributed by atoms with Gasteiger partial charge in [-0.3, -0.25) is 0 Å². The first kappa shape index (κ1) is 15.3. The largest absolute Gasteiger partial charge is 0.392 e. The van der Waals surface area contributed by atoms with E-state index in [4.69, 9.17) is 4.74 Å². The first-order valence-electron chi connectivity index (χ1n) is 7.88. The van der Waals surface area contributed by atoms with Gasteiger partial charge in [0.2, 0.25) is 0 Å². The van der Waals surface area contributed by atoms with Crippen LogP contribution in [0.1, 0.15) is 24.8 Å². The van der Waals surface area contributed by atoms with Crippen molar-refractivity contribution in [2.75, 3.05) is 25.5 Å². The number of hydrogen-bond donors (Lipinski definition) is 2. The van der Waals surface area contributed by atoms with Crippen LogP contribution < -0.4 is 5.32 Å². The van der Waals surface area contributed by atoms with Gasteiger partial charge in [-0.05, 0) is 31.9 Å². The number of carbonyl (C=O) groups is 1. The Hall–Kier alpha value is -1.59. The molecule has 1 saturated carbocycles. The number of nitrogens with one attached hydrogen (secondary N) is 1. The predicted octanol–water partition coefficient (Wildman–Crippen LogP) is 2.39. The van der Waals surface area contributed by atoms with E-state index < -0.39 is 0 Å². The number of aliphatic hydroxyl groups is 1. The van der Waals surface area contributed by atoms with E-state index in [2.05, 4.69) is 5.32 Å². The van der Waals surface area contributed by atoms with E-state index in [1.54, 1.807) is 7.11 Å². The molecule has 3 rings (SSSR count). The number of aliphatic hydroxyl groups excluding tert-OH is 1. The molecule has 120 valence electrons. The highest BCUT2D eigenvalue weighted by Gasteiger charge is 2.56. The second-order valence-corrected chi connectivity index (χ2v) is 6.49. The third kappa shape index (κ3) is 2.59. The Balaban J connectivity index is 1.57. The molecule has 1 aromatic carbocycles. The van der Waals surface area contributed by atoms with Gasteiger partial charge in [-0.15, -0.1) is 0 Å². The number of urea groups is 1. The molecule has 1 aliphatic carbocycles. The highest BCUT2D eigenvalue weighted by molar-refractivity contribution is 5.89. The normalized spacial score (nSPS) is 26.6. The number of benzene rings is 1. The fourth-order valence-corrected chi connectivity index (χ4v) is 3.68. The van der Waals surface area contributed by atoms with Crippen molar-refractivity contribution < 1.29 is 14.6 Å². The summed E-state index contributed by atoms with van der Waals surface area (Å²) >= 11 is 0. The number of anilines is 1. The Morgan fingerprint density at radius 3 is 2.50 bits per heavy atom. The van der Waals surface area contributed by atoms with Gasteiger partial charge in [0.1, 0.15) is 0 Å². The number of aryl methyl sites for hydroxylation is 1. The number of ether oxygens (including phenoxy) is 1. The zero-order chi connectivity index (χ0) is 15.7. The van der Waals surface area contributed by atoms with E-state index in [0.29, 0.717) is 19.5 Å². The Morgan fingerprint density at radius 1 is 1.32 bits per heavy atom. The molecule has 2 fully saturated rings. The van der Waals surface area contributed by atoms with E-state index >= 15 is 0 Å². The lowest BCUT2D eigenvalue weighted by Crippen LogP contribution is -2.62. The van der Waals surface area contributed by atoms with Crippen LogP contribution in [-0.4, -0.2) is 48.4 Å². The molecule has 22 heavy (non-hydrogen) atoms.